The van der Waals surface area contributed by atoms with Crippen LogP contribution in [0.1, 0.15) is 40.5 Å². The highest BCUT2D eigenvalue weighted by Crippen LogP contribution is 1.89. The Morgan fingerprint density at radius 1 is 0.941 bits per heavy atom. The minimum Gasteiger partial charge on any atom is -0.466 e. The summed E-state index contributed by atoms with van der Waals surface area (Å²) in [6.45, 7) is 9.68. The maximum absolute atomic E-state index is 10.4. The second-order valence-electron chi connectivity index (χ2n) is 2.78. The lowest BCUT2D eigenvalue weighted by molar-refractivity contribution is -0.143. The van der Waals surface area contributed by atoms with Crippen LogP contribution in [0, 0.1) is 0 Å². The molecule has 0 spiro atoms. The zero-order valence-electron chi connectivity index (χ0n) is 11.6. The van der Waals surface area contributed by atoms with Gasteiger partial charge in [0.1, 0.15) is 0 Å². The Bertz CT molecular complexity index is 116. The smallest absolute Gasteiger partial charge is 0.305 e. The Balaban J connectivity index is -0.000000188. The third-order valence-corrected chi connectivity index (χ3v) is 1.27. The number of rotatable bonds is 6. The molecule has 0 saturated carbocycles. The van der Waals surface area contributed by atoms with Crippen LogP contribution in [0.15, 0.2) is 0 Å². The number of esters is 1. The normalized spacial score (nSPS) is 8.35. The van der Waals surface area contributed by atoms with Crippen molar-refractivity contribution in [2.75, 3.05) is 33.0 Å². The highest BCUT2D eigenvalue weighted by atomic mass is 16.5. The quantitative estimate of drug-likeness (QED) is 0.698. The first-order valence-corrected chi connectivity index (χ1v) is 6.09. The Labute approximate surface area is 105 Å². The second kappa shape index (κ2) is 24.5. The number of ether oxygens (including phenoxy) is 2. The van der Waals surface area contributed by atoms with Gasteiger partial charge < -0.3 is 19.7 Å². The van der Waals surface area contributed by atoms with E-state index in [0.717, 1.165) is 19.6 Å². The van der Waals surface area contributed by atoms with Crippen LogP contribution < -0.4 is 0 Å². The Morgan fingerprint density at radius 2 is 1.41 bits per heavy atom. The third-order valence-electron chi connectivity index (χ3n) is 1.27. The summed E-state index contributed by atoms with van der Waals surface area (Å²) in [4.78, 5) is 10.4. The molecule has 0 aliphatic heterocycles. The fourth-order valence-corrected chi connectivity index (χ4v) is 0.641. The highest BCUT2D eigenvalue weighted by molar-refractivity contribution is 5.69. The van der Waals surface area contributed by atoms with Crippen molar-refractivity contribution in [2.24, 2.45) is 0 Å². The van der Waals surface area contributed by atoms with Crippen molar-refractivity contribution >= 4 is 5.97 Å². The molecule has 0 aromatic carbocycles. The molecule has 0 rings (SSSR count). The van der Waals surface area contributed by atoms with E-state index in [1.807, 2.05) is 27.7 Å². The van der Waals surface area contributed by atoms with E-state index in [9.17, 15) is 4.79 Å². The summed E-state index contributed by atoms with van der Waals surface area (Å²) in [6, 6.07) is 0. The molecule has 2 N–H and O–H groups in total. The first-order valence-electron chi connectivity index (χ1n) is 6.09. The van der Waals surface area contributed by atoms with Gasteiger partial charge in [0.05, 0.1) is 19.8 Å². The van der Waals surface area contributed by atoms with Gasteiger partial charge in [-0.25, -0.2) is 0 Å². The molecule has 0 amide bonds. The van der Waals surface area contributed by atoms with Gasteiger partial charge in [-0.2, -0.15) is 0 Å². The molecular formula is C12H28O5. The first-order chi connectivity index (χ1) is 8.14. The maximum Gasteiger partial charge on any atom is 0.305 e. The van der Waals surface area contributed by atoms with E-state index in [4.69, 9.17) is 14.9 Å². The molecule has 106 valence electrons. The third kappa shape index (κ3) is 39.2. The summed E-state index contributed by atoms with van der Waals surface area (Å²) in [5.41, 5.74) is 0. The van der Waals surface area contributed by atoms with Gasteiger partial charge in [-0.05, 0) is 27.2 Å². The van der Waals surface area contributed by atoms with Gasteiger partial charge in [-0.3, -0.25) is 4.79 Å². The van der Waals surface area contributed by atoms with Gasteiger partial charge >= 0.3 is 5.97 Å². The predicted octanol–water partition coefficient (Wildman–Crippen LogP) is 1.36. The van der Waals surface area contributed by atoms with Crippen LogP contribution in [0.2, 0.25) is 0 Å². The van der Waals surface area contributed by atoms with Gasteiger partial charge in [0.25, 0.3) is 0 Å². The predicted molar refractivity (Wildman–Crippen MR) is 67.9 cm³/mol. The molecule has 0 radical (unpaired) electrons. The van der Waals surface area contributed by atoms with E-state index >= 15 is 0 Å². The minimum atomic E-state index is -0.125. The standard InChI is InChI=1S/C6H12O2.C4H10O.C2H6O2/c1-3-5-6(7)8-4-2;1-3-5-4-2;3-1-2-4/h3-5H2,1-2H3;3-4H2,1-2H3;3-4H,1-2H2. The van der Waals surface area contributed by atoms with Crippen LogP contribution in [-0.4, -0.2) is 49.2 Å². The largest absolute Gasteiger partial charge is 0.466 e. The summed E-state index contributed by atoms with van der Waals surface area (Å²) in [7, 11) is 0. The summed E-state index contributed by atoms with van der Waals surface area (Å²) in [6.07, 6.45) is 1.42. The van der Waals surface area contributed by atoms with E-state index in [0.29, 0.717) is 13.0 Å². The van der Waals surface area contributed by atoms with Crippen LogP contribution in [0.3, 0.4) is 0 Å². The number of carbonyl (C=O) groups excluding carboxylic acids is 1. The Kier molecular flexibility index (Phi) is 31.2. The number of hydrogen-bond donors (Lipinski definition) is 2. The van der Waals surface area contributed by atoms with Crippen molar-refractivity contribution < 1.29 is 24.5 Å². The van der Waals surface area contributed by atoms with E-state index in [1.54, 1.807) is 0 Å². The molecule has 0 atom stereocenters. The molecule has 5 heteroatoms. The molecule has 0 saturated heterocycles. The molecule has 0 fully saturated rings. The number of aliphatic hydroxyl groups is 2. The van der Waals surface area contributed by atoms with Crippen LogP contribution in [-0.2, 0) is 14.3 Å². The number of hydrogen-bond acceptors (Lipinski definition) is 5. The van der Waals surface area contributed by atoms with E-state index in [1.165, 1.54) is 0 Å². The zero-order chi connectivity index (χ0) is 13.9. The van der Waals surface area contributed by atoms with Crippen molar-refractivity contribution in [1.29, 1.82) is 0 Å². The summed E-state index contributed by atoms with van der Waals surface area (Å²) in [5, 5.41) is 15.2. The molecule has 0 aromatic heterocycles. The summed E-state index contributed by atoms with van der Waals surface area (Å²) in [5.74, 6) is -0.0880. The van der Waals surface area contributed by atoms with Crippen LogP contribution >= 0.6 is 0 Å². The fourth-order valence-electron chi connectivity index (χ4n) is 0.641. The Morgan fingerprint density at radius 3 is 1.59 bits per heavy atom. The molecule has 0 aliphatic rings. The van der Waals surface area contributed by atoms with Crippen molar-refractivity contribution in [2.45, 2.75) is 40.5 Å². The molecule has 0 aliphatic carbocycles. The molecule has 0 unspecified atom stereocenters. The lowest BCUT2D eigenvalue weighted by Crippen LogP contribution is -2.01. The van der Waals surface area contributed by atoms with Crippen LogP contribution in [0.4, 0.5) is 0 Å². The molecule has 0 bridgehead atoms. The fraction of sp³-hybridized carbons (Fsp3) is 0.917. The van der Waals surface area contributed by atoms with Crippen molar-refractivity contribution in [3.63, 3.8) is 0 Å². The van der Waals surface area contributed by atoms with Crippen LogP contribution in [0.25, 0.3) is 0 Å². The second-order valence-corrected chi connectivity index (χ2v) is 2.78. The maximum atomic E-state index is 10.4. The van der Waals surface area contributed by atoms with Gasteiger partial charge in [0, 0.05) is 19.6 Å². The molecular weight excluding hydrogens is 224 g/mol. The number of carbonyl (C=O) groups is 1. The molecule has 5 nitrogen and oxygen atoms in total. The van der Waals surface area contributed by atoms with Gasteiger partial charge in [-0.1, -0.05) is 6.92 Å². The van der Waals surface area contributed by atoms with E-state index in [2.05, 4.69) is 4.74 Å². The topological polar surface area (TPSA) is 76.0 Å². The average molecular weight is 252 g/mol. The summed E-state index contributed by atoms with van der Waals surface area (Å²) >= 11 is 0. The van der Waals surface area contributed by atoms with Crippen molar-refractivity contribution in [1.82, 2.24) is 0 Å². The Hall–Kier alpha value is -0.650. The van der Waals surface area contributed by atoms with Gasteiger partial charge in [-0.15, -0.1) is 0 Å². The van der Waals surface area contributed by atoms with Crippen molar-refractivity contribution in [3.8, 4) is 0 Å². The molecule has 17 heavy (non-hydrogen) atoms. The van der Waals surface area contributed by atoms with E-state index in [-0.39, 0.29) is 19.2 Å². The van der Waals surface area contributed by atoms with Crippen LogP contribution in [0.5, 0.6) is 0 Å². The zero-order valence-corrected chi connectivity index (χ0v) is 11.6. The molecule has 0 heterocycles. The average Bonchev–Trinajstić information content (AvgIpc) is 2.32. The highest BCUT2D eigenvalue weighted by Gasteiger charge is 1.95. The van der Waals surface area contributed by atoms with Gasteiger partial charge in [0.15, 0.2) is 0 Å². The lowest BCUT2D eigenvalue weighted by Gasteiger charge is -1.96. The lowest BCUT2D eigenvalue weighted by atomic mass is 10.3. The number of aliphatic hydroxyl groups excluding tert-OH is 2. The summed E-state index contributed by atoms with van der Waals surface area (Å²) < 4.78 is 9.48. The minimum absolute atomic E-state index is 0.0880. The monoisotopic (exact) mass is 252 g/mol. The van der Waals surface area contributed by atoms with Crippen molar-refractivity contribution in [3.05, 3.63) is 0 Å². The van der Waals surface area contributed by atoms with Gasteiger partial charge in [0.2, 0.25) is 0 Å². The molecule has 0 aromatic rings. The SMILES string of the molecule is CCCC(=O)OCC.CCOCC.OCCO. The van der Waals surface area contributed by atoms with E-state index < -0.39 is 0 Å². The first kappa shape index (κ1) is 21.6.